The van der Waals surface area contributed by atoms with Gasteiger partial charge in [0.1, 0.15) is 0 Å². The van der Waals surface area contributed by atoms with E-state index >= 15 is 0 Å². The van der Waals surface area contributed by atoms with Gasteiger partial charge in [-0.05, 0) is 32.1 Å². The maximum Gasteiger partial charge on any atom is 0.306 e. The van der Waals surface area contributed by atoms with Gasteiger partial charge in [0.2, 0.25) is 5.91 Å². The van der Waals surface area contributed by atoms with Crippen LogP contribution >= 0.6 is 0 Å². The third-order valence-electron chi connectivity index (χ3n) is 3.83. The van der Waals surface area contributed by atoms with Crippen molar-refractivity contribution in [3.8, 4) is 0 Å². The molecule has 2 N–H and O–H groups in total. The smallest absolute Gasteiger partial charge is 0.306 e. The Bertz CT molecular complexity index is 290. The van der Waals surface area contributed by atoms with Crippen molar-refractivity contribution >= 4 is 11.9 Å². The SMILES string of the molecule is CCC1(C(=O)NC2CC(C(=O)O)C2)CC1. The number of hydrogen-bond donors (Lipinski definition) is 2. The lowest BCUT2D eigenvalue weighted by molar-refractivity contribution is -0.146. The van der Waals surface area contributed by atoms with Crippen LogP contribution in [0.3, 0.4) is 0 Å². The molecule has 0 heterocycles. The van der Waals surface area contributed by atoms with Gasteiger partial charge in [-0.3, -0.25) is 9.59 Å². The van der Waals surface area contributed by atoms with Gasteiger partial charge in [-0.2, -0.15) is 0 Å². The molecule has 4 heteroatoms. The number of aliphatic carboxylic acids is 1. The summed E-state index contributed by atoms with van der Waals surface area (Å²) < 4.78 is 0. The van der Waals surface area contributed by atoms with E-state index in [1.165, 1.54) is 0 Å². The van der Waals surface area contributed by atoms with E-state index in [0.717, 1.165) is 19.3 Å². The van der Waals surface area contributed by atoms with Gasteiger partial charge in [0.15, 0.2) is 0 Å². The Morgan fingerprint density at radius 3 is 2.40 bits per heavy atom. The molecule has 0 spiro atoms. The molecule has 15 heavy (non-hydrogen) atoms. The zero-order valence-corrected chi connectivity index (χ0v) is 8.95. The van der Waals surface area contributed by atoms with Gasteiger partial charge in [0, 0.05) is 11.5 Å². The molecule has 2 saturated carbocycles. The van der Waals surface area contributed by atoms with Crippen LogP contribution in [0.15, 0.2) is 0 Å². The summed E-state index contributed by atoms with van der Waals surface area (Å²) in [6.07, 6.45) is 4.07. The lowest BCUT2D eigenvalue weighted by Crippen LogP contribution is -2.48. The third kappa shape index (κ3) is 1.85. The number of amides is 1. The lowest BCUT2D eigenvalue weighted by atomic mass is 9.80. The Labute approximate surface area is 89.0 Å². The van der Waals surface area contributed by atoms with Crippen LogP contribution in [0.5, 0.6) is 0 Å². The fourth-order valence-electron chi connectivity index (χ4n) is 2.17. The van der Waals surface area contributed by atoms with Crippen molar-refractivity contribution < 1.29 is 14.7 Å². The van der Waals surface area contributed by atoms with Crippen molar-refractivity contribution in [2.45, 2.75) is 45.1 Å². The Morgan fingerprint density at radius 1 is 1.40 bits per heavy atom. The molecular formula is C11H17NO3. The summed E-state index contributed by atoms with van der Waals surface area (Å²) in [6.45, 7) is 2.04. The number of rotatable bonds is 4. The molecule has 0 aromatic rings. The fraction of sp³-hybridized carbons (Fsp3) is 0.818. The van der Waals surface area contributed by atoms with Crippen LogP contribution in [-0.4, -0.2) is 23.0 Å². The Kier molecular flexibility index (Phi) is 2.44. The van der Waals surface area contributed by atoms with Gasteiger partial charge in [0.25, 0.3) is 0 Å². The highest BCUT2D eigenvalue weighted by Gasteiger charge is 2.49. The molecule has 4 nitrogen and oxygen atoms in total. The Hall–Kier alpha value is -1.06. The number of carboxylic acids is 1. The van der Waals surface area contributed by atoms with Gasteiger partial charge >= 0.3 is 5.97 Å². The van der Waals surface area contributed by atoms with E-state index in [1.807, 2.05) is 6.92 Å². The number of nitrogens with one attached hydrogen (secondary N) is 1. The second-order valence-electron chi connectivity index (χ2n) is 4.81. The van der Waals surface area contributed by atoms with Gasteiger partial charge in [0.05, 0.1) is 5.92 Å². The maximum absolute atomic E-state index is 11.8. The summed E-state index contributed by atoms with van der Waals surface area (Å²) in [4.78, 5) is 22.3. The molecule has 2 aliphatic carbocycles. The molecule has 0 aromatic heterocycles. The van der Waals surface area contributed by atoms with E-state index in [1.54, 1.807) is 0 Å². The molecule has 0 radical (unpaired) electrons. The first-order valence-electron chi connectivity index (χ1n) is 5.61. The first-order valence-corrected chi connectivity index (χ1v) is 5.61. The van der Waals surface area contributed by atoms with Crippen LogP contribution in [0, 0.1) is 11.3 Å². The van der Waals surface area contributed by atoms with E-state index in [0.29, 0.717) is 12.8 Å². The molecule has 84 valence electrons. The first-order chi connectivity index (χ1) is 7.07. The van der Waals surface area contributed by atoms with Crippen LogP contribution < -0.4 is 5.32 Å². The predicted molar refractivity (Wildman–Crippen MR) is 54.2 cm³/mol. The quantitative estimate of drug-likeness (QED) is 0.733. The summed E-state index contributed by atoms with van der Waals surface area (Å²) in [7, 11) is 0. The predicted octanol–water partition coefficient (Wildman–Crippen LogP) is 1.16. The molecule has 0 aromatic carbocycles. The van der Waals surface area contributed by atoms with Crippen LogP contribution in [0.4, 0.5) is 0 Å². The number of carboxylic acid groups (broad SMARTS) is 1. The second kappa shape index (κ2) is 3.51. The summed E-state index contributed by atoms with van der Waals surface area (Å²) >= 11 is 0. The Balaban J connectivity index is 1.76. The van der Waals surface area contributed by atoms with Gasteiger partial charge in [-0.15, -0.1) is 0 Å². The minimum absolute atomic E-state index is 0.0997. The minimum atomic E-state index is -0.739. The standard InChI is InChI=1S/C11H17NO3/c1-2-11(3-4-11)10(15)12-8-5-7(6-8)9(13)14/h7-8H,2-6H2,1H3,(H,12,15)(H,13,14). The molecule has 0 unspecified atom stereocenters. The van der Waals surface area contributed by atoms with Crippen LogP contribution in [0.25, 0.3) is 0 Å². The van der Waals surface area contributed by atoms with Gasteiger partial charge in [-0.25, -0.2) is 0 Å². The van der Waals surface area contributed by atoms with Crippen LogP contribution in [0.1, 0.15) is 39.0 Å². The summed E-state index contributed by atoms with van der Waals surface area (Å²) in [6, 6.07) is 0.0997. The van der Waals surface area contributed by atoms with E-state index in [9.17, 15) is 9.59 Å². The van der Waals surface area contributed by atoms with E-state index in [-0.39, 0.29) is 23.3 Å². The van der Waals surface area contributed by atoms with Crippen molar-refractivity contribution in [3.63, 3.8) is 0 Å². The maximum atomic E-state index is 11.8. The first kappa shape index (κ1) is 10.5. The highest BCUT2D eigenvalue weighted by Crippen LogP contribution is 2.49. The van der Waals surface area contributed by atoms with Crippen LogP contribution in [0.2, 0.25) is 0 Å². The minimum Gasteiger partial charge on any atom is -0.481 e. The Morgan fingerprint density at radius 2 is 2.00 bits per heavy atom. The van der Waals surface area contributed by atoms with E-state index < -0.39 is 5.97 Å². The normalized spacial score (nSPS) is 31.5. The van der Waals surface area contributed by atoms with Crippen molar-refractivity contribution in [1.82, 2.24) is 5.32 Å². The van der Waals surface area contributed by atoms with Crippen LogP contribution in [-0.2, 0) is 9.59 Å². The molecule has 0 atom stereocenters. The van der Waals surface area contributed by atoms with E-state index in [4.69, 9.17) is 5.11 Å². The van der Waals surface area contributed by atoms with Crippen molar-refractivity contribution in [2.24, 2.45) is 11.3 Å². The van der Waals surface area contributed by atoms with Crippen molar-refractivity contribution in [3.05, 3.63) is 0 Å². The lowest BCUT2D eigenvalue weighted by Gasteiger charge is -2.33. The summed E-state index contributed by atoms with van der Waals surface area (Å²) in [5, 5.41) is 11.6. The largest absolute Gasteiger partial charge is 0.481 e. The monoisotopic (exact) mass is 211 g/mol. The average Bonchev–Trinajstić information content (AvgIpc) is 2.89. The van der Waals surface area contributed by atoms with Gasteiger partial charge in [-0.1, -0.05) is 6.92 Å². The molecule has 0 bridgehead atoms. The number of hydrogen-bond acceptors (Lipinski definition) is 2. The molecule has 2 rings (SSSR count). The zero-order chi connectivity index (χ0) is 11.1. The van der Waals surface area contributed by atoms with E-state index in [2.05, 4.69) is 5.32 Å². The fourth-order valence-corrected chi connectivity index (χ4v) is 2.17. The molecule has 1 amide bonds. The molecule has 2 fully saturated rings. The zero-order valence-electron chi connectivity index (χ0n) is 8.95. The highest BCUT2D eigenvalue weighted by molar-refractivity contribution is 5.85. The topological polar surface area (TPSA) is 66.4 Å². The van der Waals surface area contributed by atoms with Crippen molar-refractivity contribution in [1.29, 1.82) is 0 Å². The number of carbonyl (C=O) groups is 2. The molecule has 2 aliphatic rings. The molecule has 0 saturated heterocycles. The third-order valence-corrected chi connectivity index (χ3v) is 3.83. The molecular weight excluding hydrogens is 194 g/mol. The summed E-state index contributed by atoms with van der Waals surface area (Å²) in [5.74, 6) is -0.844. The second-order valence-corrected chi connectivity index (χ2v) is 4.81. The summed E-state index contributed by atoms with van der Waals surface area (Å²) in [5.41, 5.74) is -0.103. The highest BCUT2D eigenvalue weighted by atomic mass is 16.4. The average molecular weight is 211 g/mol. The molecule has 0 aliphatic heterocycles. The van der Waals surface area contributed by atoms with Crippen molar-refractivity contribution in [2.75, 3.05) is 0 Å². The van der Waals surface area contributed by atoms with Gasteiger partial charge < -0.3 is 10.4 Å². The number of carbonyl (C=O) groups excluding carboxylic acids is 1.